The number of amides is 1. The van der Waals surface area contributed by atoms with Crippen LogP contribution in [0.15, 0.2) is 48.5 Å². The fourth-order valence-corrected chi connectivity index (χ4v) is 4.09. The van der Waals surface area contributed by atoms with Crippen molar-refractivity contribution in [2.45, 2.75) is 24.8 Å². The van der Waals surface area contributed by atoms with Gasteiger partial charge in [0.15, 0.2) is 5.11 Å². The third-order valence-electron chi connectivity index (χ3n) is 6.25. The molecule has 1 fully saturated rings. The molecular formula is C27H35F6N5OS. The number of piperazine rings is 1. The topological polar surface area (TPSA) is 50.9 Å². The number of benzene rings is 2. The van der Waals surface area contributed by atoms with Crippen LogP contribution in [-0.2, 0) is 23.6 Å². The summed E-state index contributed by atoms with van der Waals surface area (Å²) in [5.41, 5.74) is -2.06. The first-order valence-electron chi connectivity index (χ1n) is 12.6. The SMILES string of the molecule is CN(CCc1cc(C(F)(F)F)cc(C(F)(F)F)c1)C(=O)C(c1ccccc1)N1CCNCC1.CNC(=S)N(C)C. The van der Waals surface area contributed by atoms with Crippen LogP contribution < -0.4 is 10.6 Å². The Kier molecular flexibility index (Phi) is 12.2. The minimum Gasteiger partial charge on any atom is -0.366 e. The minimum atomic E-state index is -4.90. The Labute approximate surface area is 236 Å². The van der Waals surface area contributed by atoms with Gasteiger partial charge in [-0.2, -0.15) is 26.3 Å². The molecule has 3 rings (SSSR count). The van der Waals surface area contributed by atoms with Gasteiger partial charge in [0, 0.05) is 60.9 Å². The van der Waals surface area contributed by atoms with Gasteiger partial charge >= 0.3 is 12.4 Å². The molecule has 40 heavy (non-hydrogen) atoms. The van der Waals surface area contributed by atoms with Crippen molar-refractivity contribution in [1.82, 2.24) is 25.3 Å². The smallest absolute Gasteiger partial charge is 0.366 e. The first kappa shape index (κ1) is 33.3. The number of carbonyl (C=O) groups is 1. The summed E-state index contributed by atoms with van der Waals surface area (Å²) in [4.78, 5) is 18.6. The predicted molar refractivity (Wildman–Crippen MR) is 147 cm³/mol. The molecule has 0 aliphatic carbocycles. The molecule has 1 atom stereocenters. The number of halogens is 6. The standard InChI is InChI=1S/C23H25F6N3O.C4H10N2S/c1-31(10-7-16-13-18(22(24,25)26)15-19(14-16)23(27,28)29)21(33)20(17-5-3-2-4-6-17)32-11-8-30-9-12-32;1-5-4(7)6(2)3/h2-6,13-15,20,30H,7-12H2,1H3;1-3H3,(H,5,7). The normalized spacial score (nSPS) is 14.9. The number of nitrogens with one attached hydrogen (secondary N) is 2. The predicted octanol–water partition coefficient (Wildman–Crippen LogP) is 4.42. The van der Waals surface area contributed by atoms with E-state index in [-0.39, 0.29) is 30.5 Å². The van der Waals surface area contributed by atoms with E-state index >= 15 is 0 Å². The Morgan fingerprint density at radius 1 is 0.975 bits per heavy atom. The molecule has 1 saturated heterocycles. The van der Waals surface area contributed by atoms with E-state index in [9.17, 15) is 31.1 Å². The zero-order valence-electron chi connectivity index (χ0n) is 22.9. The molecule has 6 nitrogen and oxygen atoms in total. The second-order valence-corrected chi connectivity index (χ2v) is 9.86. The van der Waals surface area contributed by atoms with E-state index in [1.54, 1.807) is 0 Å². The summed E-state index contributed by atoms with van der Waals surface area (Å²) >= 11 is 4.79. The quantitative estimate of drug-likeness (QED) is 0.383. The summed E-state index contributed by atoms with van der Waals surface area (Å²) < 4.78 is 78.7. The molecule has 0 saturated carbocycles. The van der Waals surface area contributed by atoms with Crippen molar-refractivity contribution in [3.8, 4) is 0 Å². The maximum atomic E-state index is 13.3. The van der Waals surface area contributed by atoms with E-state index in [4.69, 9.17) is 12.2 Å². The molecule has 2 aromatic rings. The number of nitrogens with zero attached hydrogens (tertiary/aromatic N) is 3. The van der Waals surface area contributed by atoms with E-state index < -0.39 is 29.5 Å². The Balaban J connectivity index is 0.000000708. The average Bonchev–Trinajstić information content (AvgIpc) is 2.91. The van der Waals surface area contributed by atoms with Gasteiger partial charge in [0.05, 0.1) is 11.1 Å². The minimum absolute atomic E-state index is 0.0210. The van der Waals surface area contributed by atoms with E-state index in [0.717, 1.165) is 10.7 Å². The molecule has 0 spiro atoms. The zero-order valence-corrected chi connectivity index (χ0v) is 23.7. The Hall–Kier alpha value is -2.90. The number of hydrogen-bond donors (Lipinski definition) is 2. The van der Waals surface area contributed by atoms with Crippen molar-refractivity contribution in [3.63, 3.8) is 0 Å². The molecular weight excluding hydrogens is 556 g/mol. The van der Waals surface area contributed by atoms with Crippen LogP contribution in [0.2, 0.25) is 0 Å². The van der Waals surface area contributed by atoms with Crippen molar-refractivity contribution in [2.24, 2.45) is 0 Å². The highest BCUT2D eigenvalue weighted by Gasteiger charge is 2.37. The van der Waals surface area contributed by atoms with E-state index in [2.05, 4.69) is 10.6 Å². The van der Waals surface area contributed by atoms with E-state index in [1.807, 2.05) is 61.3 Å². The van der Waals surface area contributed by atoms with Gasteiger partial charge < -0.3 is 20.4 Å². The van der Waals surface area contributed by atoms with Gasteiger partial charge in [-0.05, 0) is 48.0 Å². The molecule has 1 amide bonds. The average molecular weight is 592 g/mol. The van der Waals surface area contributed by atoms with Gasteiger partial charge in [-0.1, -0.05) is 30.3 Å². The van der Waals surface area contributed by atoms with E-state index in [1.165, 1.54) is 11.9 Å². The first-order chi connectivity index (χ1) is 18.6. The van der Waals surface area contributed by atoms with Crippen molar-refractivity contribution in [1.29, 1.82) is 0 Å². The van der Waals surface area contributed by atoms with Crippen LogP contribution >= 0.6 is 12.2 Å². The van der Waals surface area contributed by atoms with Crippen molar-refractivity contribution < 1.29 is 31.1 Å². The molecule has 2 aromatic carbocycles. The Bertz CT molecular complexity index is 1070. The summed E-state index contributed by atoms with van der Waals surface area (Å²) in [5, 5.41) is 6.81. The summed E-state index contributed by atoms with van der Waals surface area (Å²) in [6.45, 7) is 2.69. The maximum absolute atomic E-state index is 13.3. The third kappa shape index (κ3) is 9.93. The summed E-state index contributed by atoms with van der Waals surface area (Å²) in [7, 11) is 7.12. The lowest BCUT2D eigenvalue weighted by Gasteiger charge is -2.36. The van der Waals surface area contributed by atoms with Crippen LogP contribution in [0.3, 0.4) is 0 Å². The highest BCUT2D eigenvalue weighted by atomic mass is 32.1. The molecule has 1 aliphatic rings. The summed E-state index contributed by atoms with van der Waals surface area (Å²) in [6.07, 6.45) is -9.95. The van der Waals surface area contributed by atoms with Crippen LogP contribution in [-0.4, -0.2) is 86.6 Å². The number of carbonyl (C=O) groups excluding carboxylic acids is 1. The van der Waals surface area contributed by atoms with Gasteiger partial charge in [-0.25, -0.2) is 0 Å². The fourth-order valence-electron chi connectivity index (χ4n) is 4.09. The summed E-state index contributed by atoms with van der Waals surface area (Å²) in [5.74, 6) is -0.258. The highest BCUT2D eigenvalue weighted by molar-refractivity contribution is 7.80. The van der Waals surface area contributed by atoms with Crippen molar-refractivity contribution in [2.75, 3.05) is 60.9 Å². The molecule has 0 bridgehead atoms. The number of alkyl halides is 6. The van der Waals surface area contributed by atoms with Crippen LogP contribution in [0.4, 0.5) is 26.3 Å². The lowest BCUT2D eigenvalue weighted by molar-refractivity contribution is -0.143. The summed E-state index contributed by atoms with van der Waals surface area (Å²) in [6, 6.07) is 10.1. The maximum Gasteiger partial charge on any atom is 0.416 e. The van der Waals surface area contributed by atoms with Crippen LogP contribution in [0, 0.1) is 0 Å². The lowest BCUT2D eigenvalue weighted by Crippen LogP contribution is -2.50. The van der Waals surface area contributed by atoms with Crippen molar-refractivity contribution >= 4 is 23.2 Å². The Morgan fingerprint density at radius 3 is 1.93 bits per heavy atom. The second kappa shape index (κ2) is 14.6. The van der Waals surface area contributed by atoms with E-state index in [0.29, 0.717) is 38.3 Å². The molecule has 13 heteroatoms. The molecule has 1 heterocycles. The third-order valence-corrected chi connectivity index (χ3v) is 6.81. The van der Waals surface area contributed by atoms with Gasteiger partial charge in [0.1, 0.15) is 6.04 Å². The van der Waals surface area contributed by atoms with Crippen LogP contribution in [0.5, 0.6) is 0 Å². The second-order valence-electron chi connectivity index (χ2n) is 9.47. The Morgan fingerprint density at radius 2 is 1.50 bits per heavy atom. The van der Waals surface area contributed by atoms with Crippen LogP contribution in [0.1, 0.15) is 28.3 Å². The first-order valence-corrected chi connectivity index (χ1v) is 13.0. The molecule has 1 unspecified atom stereocenters. The fraction of sp³-hybridized carbons (Fsp3) is 0.481. The largest absolute Gasteiger partial charge is 0.416 e. The van der Waals surface area contributed by atoms with Crippen molar-refractivity contribution in [3.05, 3.63) is 70.8 Å². The molecule has 1 aliphatic heterocycles. The molecule has 0 aromatic heterocycles. The molecule has 2 N–H and O–H groups in total. The monoisotopic (exact) mass is 591 g/mol. The van der Waals surface area contributed by atoms with Crippen LogP contribution in [0.25, 0.3) is 0 Å². The molecule has 222 valence electrons. The molecule has 0 radical (unpaired) electrons. The zero-order chi connectivity index (χ0) is 30.1. The lowest BCUT2D eigenvalue weighted by atomic mass is 10.0. The number of hydrogen-bond acceptors (Lipinski definition) is 4. The number of thiocarbonyl (C=S) groups is 1. The number of likely N-dealkylation sites (N-methyl/N-ethyl adjacent to an activating group) is 1. The van der Waals surface area contributed by atoms with Gasteiger partial charge in [-0.3, -0.25) is 9.69 Å². The van der Waals surface area contributed by atoms with Gasteiger partial charge in [0.25, 0.3) is 0 Å². The highest BCUT2D eigenvalue weighted by Crippen LogP contribution is 2.36. The van der Waals surface area contributed by atoms with Gasteiger partial charge in [0.2, 0.25) is 5.91 Å². The number of rotatable bonds is 6. The van der Waals surface area contributed by atoms with Gasteiger partial charge in [-0.15, -0.1) is 0 Å².